The second kappa shape index (κ2) is 3.11. The van der Waals surface area contributed by atoms with E-state index in [-0.39, 0.29) is 11.9 Å². The first-order chi connectivity index (χ1) is 5.84. The Balaban J connectivity index is 1.89. The molecule has 0 bridgehead atoms. The van der Waals surface area contributed by atoms with Crippen molar-refractivity contribution in [2.45, 2.75) is 6.10 Å². The SMILES string of the molecule is Fc1ccc(OC[C@H]2CO2)cc1. The van der Waals surface area contributed by atoms with Crippen LogP contribution >= 0.6 is 0 Å². The number of epoxide rings is 1. The van der Waals surface area contributed by atoms with E-state index in [1.807, 2.05) is 0 Å². The van der Waals surface area contributed by atoms with E-state index >= 15 is 0 Å². The molecule has 1 heterocycles. The normalized spacial score (nSPS) is 20.6. The second-order valence-electron chi connectivity index (χ2n) is 2.72. The molecular weight excluding hydrogens is 159 g/mol. The van der Waals surface area contributed by atoms with Crippen molar-refractivity contribution >= 4 is 0 Å². The number of rotatable bonds is 3. The fourth-order valence-corrected chi connectivity index (χ4v) is 0.884. The van der Waals surface area contributed by atoms with Crippen LogP contribution in [-0.2, 0) is 4.74 Å². The Morgan fingerprint density at radius 2 is 2.08 bits per heavy atom. The zero-order valence-electron chi connectivity index (χ0n) is 6.50. The molecule has 1 aliphatic heterocycles. The van der Waals surface area contributed by atoms with Crippen molar-refractivity contribution < 1.29 is 13.9 Å². The Morgan fingerprint density at radius 1 is 1.42 bits per heavy atom. The maximum absolute atomic E-state index is 12.4. The van der Waals surface area contributed by atoms with Crippen LogP contribution in [0.15, 0.2) is 24.3 Å². The summed E-state index contributed by atoms with van der Waals surface area (Å²) in [7, 11) is 0. The third-order valence-electron chi connectivity index (χ3n) is 1.65. The summed E-state index contributed by atoms with van der Waals surface area (Å²) in [5.74, 6) is 0.442. The number of halogens is 1. The van der Waals surface area contributed by atoms with Gasteiger partial charge in [0.15, 0.2) is 0 Å². The minimum absolute atomic E-state index is 0.245. The molecule has 2 nitrogen and oxygen atoms in total. The van der Waals surface area contributed by atoms with Gasteiger partial charge in [-0.2, -0.15) is 0 Å². The summed E-state index contributed by atoms with van der Waals surface area (Å²) in [6.45, 7) is 1.34. The van der Waals surface area contributed by atoms with Crippen molar-refractivity contribution in [3.63, 3.8) is 0 Å². The Morgan fingerprint density at radius 3 is 2.67 bits per heavy atom. The highest BCUT2D eigenvalue weighted by molar-refractivity contribution is 5.22. The molecule has 0 unspecified atom stereocenters. The predicted molar refractivity (Wildman–Crippen MR) is 41.6 cm³/mol. The third kappa shape index (κ3) is 1.95. The van der Waals surface area contributed by atoms with E-state index < -0.39 is 0 Å². The maximum Gasteiger partial charge on any atom is 0.123 e. The van der Waals surface area contributed by atoms with Crippen molar-refractivity contribution in [3.8, 4) is 5.75 Å². The molecule has 1 fully saturated rings. The van der Waals surface area contributed by atoms with Crippen molar-refractivity contribution in [1.82, 2.24) is 0 Å². The Bertz CT molecular complexity index is 254. The summed E-state index contributed by atoms with van der Waals surface area (Å²) in [4.78, 5) is 0. The van der Waals surface area contributed by atoms with E-state index in [0.29, 0.717) is 12.4 Å². The van der Waals surface area contributed by atoms with Crippen molar-refractivity contribution in [2.75, 3.05) is 13.2 Å². The van der Waals surface area contributed by atoms with Crippen LogP contribution in [0, 0.1) is 5.82 Å². The molecular formula is C9H9FO2. The third-order valence-corrected chi connectivity index (χ3v) is 1.65. The largest absolute Gasteiger partial charge is 0.491 e. The van der Waals surface area contributed by atoms with Crippen LogP contribution in [-0.4, -0.2) is 19.3 Å². The van der Waals surface area contributed by atoms with Gasteiger partial charge in [-0.05, 0) is 24.3 Å². The minimum Gasteiger partial charge on any atom is -0.491 e. The summed E-state index contributed by atoms with van der Waals surface area (Å²) in [5, 5.41) is 0. The molecule has 0 aromatic heterocycles. The number of benzene rings is 1. The topological polar surface area (TPSA) is 21.8 Å². The molecule has 0 spiro atoms. The lowest BCUT2D eigenvalue weighted by molar-refractivity contribution is 0.263. The smallest absolute Gasteiger partial charge is 0.123 e. The van der Waals surface area contributed by atoms with Gasteiger partial charge in [0.1, 0.15) is 24.3 Å². The van der Waals surface area contributed by atoms with E-state index in [0.717, 1.165) is 6.61 Å². The molecule has 12 heavy (non-hydrogen) atoms. The van der Waals surface area contributed by atoms with Crippen LogP contribution in [0.3, 0.4) is 0 Å². The van der Waals surface area contributed by atoms with Crippen molar-refractivity contribution in [3.05, 3.63) is 30.1 Å². The zero-order chi connectivity index (χ0) is 8.39. The highest BCUT2D eigenvalue weighted by atomic mass is 19.1. The highest BCUT2D eigenvalue weighted by Gasteiger charge is 2.22. The summed E-state index contributed by atoms with van der Waals surface area (Å²) in [6.07, 6.45) is 0.245. The Kier molecular flexibility index (Phi) is 1.96. The quantitative estimate of drug-likeness (QED) is 0.639. The van der Waals surface area contributed by atoms with Gasteiger partial charge in [0, 0.05) is 0 Å². The molecule has 0 amide bonds. The molecule has 0 aliphatic carbocycles. The van der Waals surface area contributed by atoms with Crippen LogP contribution in [0.25, 0.3) is 0 Å². The number of hydrogen-bond acceptors (Lipinski definition) is 2. The van der Waals surface area contributed by atoms with Gasteiger partial charge in [-0.15, -0.1) is 0 Å². The number of hydrogen-bond donors (Lipinski definition) is 0. The average Bonchev–Trinajstić information content (AvgIpc) is 2.87. The fraction of sp³-hybridized carbons (Fsp3) is 0.333. The Labute approximate surface area is 69.9 Å². The van der Waals surface area contributed by atoms with Gasteiger partial charge in [-0.25, -0.2) is 4.39 Å². The van der Waals surface area contributed by atoms with Gasteiger partial charge in [-0.1, -0.05) is 0 Å². The summed E-state index contributed by atoms with van der Waals surface area (Å²) in [5.41, 5.74) is 0. The van der Waals surface area contributed by atoms with Crippen molar-refractivity contribution in [2.24, 2.45) is 0 Å². The molecule has 64 valence electrons. The maximum atomic E-state index is 12.4. The molecule has 1 aliphatic rings. The van der Waals surface area contributed by atoms with Crippen LogP contribution in [0.5, 0.6) is 5.75 Å². The highest BCUT2D eigenvalue weighted by Crippen LogP contribution is 2.14. The molecule has 1 aromatic carbocycles. The van der Waals surface area contributed by atoms with Crippen LogP contribution < -0.4 is 4.74 Å². The molecule has 2 rings (SSSR count). The van der Waals surface area contributed by atoms with Gasteiger partial charge >= 0.3 is 0 Å². The molecule has 1 saturated heterocycles. The Hall–Kier alpha value is -1.09. The first-order valence-electron chi connectivity index (χ1n) is 3.84. The first kappa shape index (κ1) is 7.55. The molecule has 1 aromatic rings. The lowest BCUT2D eigenvalue weighted by atomic mass is 10.3. The van der Waals surface area contributed by atoms with Crippen molar-refractivity contribution in [1.29, 1.82) is 0 Å². The van der Waals surface area contributed by atoms with E-state index in [2.05, 4.69) is 0 Å². The second-order valence-corrected chi connectivity index (χ2v) is 2.72. The van der Waals surface area contributed by atoms with E-state index in [1.165, 1.54) is 12.1 Å². The zero-order valence-corrected chi connectivity index (χ0v) is 6.50. The molecule has 0 N–H and O–H groups in total. The summed E-state index contributed by atoms with van der Waals surface area (Å²) in [6, 6.07) is 5.97. The lowest BCUT2D eigenvalue weighted by Gasteiger charge is -2.02. The monoisotopic (exact) mass is 168 g/mol. The lowest BCUT2D eigenvalue weighted by Crippen LogP contribution is -2.03. The molecule has 3 heteroatoms. The van der Waals surface area contributed by atoms with Gasteiger partial charge in [0.25, 0.3) is 0 Å². The molecule has 1 atom stereocenters. The van der Waals surface area contributed by atoms with Gasteiger partial charge in [-0.3, -0.25) is 0 Å². The minimum atomic E-state index is -0.245. The average molecular weight is 168 g/mol. The van der Waals surface area contributed by atoms with E-state index in [1.54, 1.807) is 12.1 Å². The van der Waals surface area contributed by atoms with Gasteiger partial charge < -0.3 is 9.47 Å². The van der Waals surface area contributed by atoms with Crippen LogP contribution in [0.1, 0.15) is 0 Å². The molecule has 0 radical (unpaired) electrons. The predicted octanol–water partition coefficient (Wildman–Crippen LogP) is 1.60. The van der Waals surface area contributed by atoms with Crippen LogP contribution in [0.4, 0.5) is 4.39 Å². The van der Waals surface area contributed by atoms with E-state index in [4.69, 9.17) is 9.47 Å². The van der Waals surface area contributed by atoms with E-state index in [9.17, 15) is 4.39 Å². The van der Waals surface area contributed by atoms with Gasteiger partial charge in [0.2, 0.25) is 0 Å². The van der Waals surface area contributed by atoms with Gasteiger partial charge in [0.05, 0.1) is 6.61 Å². The first-order valence-corrected chi connectivity index (χ1v) is 3.84. The number of ether oxygens (including phenoxy) is 2. The summed E-state index contributed by atoms with van der Waals surface area (Å²) < 4.78 is 22.7. The summed E-state index contributed by atoms with van der Waals surface area (Å²) >= 11 is 0. The standard InChI is InChI=1S/C9H9FO2/c10-7-1-3-8(4-2-7)11-5-9-6-12-9/h1-4,9H,5-6H2/t9-/m0/s1. The van der Waals surface area contributed by atoms with Crippen LogP contribution in [0.2, 0.25) is 0 Å². The molecule has 0 saturated carbocycles. The fourth-order valence-electron chi connectivity index (χ4n) is 0.884.